The van der Waals surface area contributed by atoms with Crippen molar-refractivity contribution < 1.29 is 18.2 Å². The Morgan fingerprint density at radius 3 is 2.44 bits per heavy atom. The van der Waals surface area contributed by atoms with Crippen molar-refractivity contribution in [2.45, 2.75) is 37.1 Å². The number of aromatic amines is 1. The van der Waals surface area contributed by atoms with Crippen molar-refractivity contribution in [1.82, 2.24) is 10.0 Å². The standard InChI is InChI=1S/C20H25N3O3S/c24-20(22-14-17-5-4-12-21-13-17)18-10-8-16(9-11-18)15-23-27(25,26)19-6-2-1-3-7-19/h1-7,12-13,16,18,23H,8-11,14-15H2,(H,22,24)/p+1. The Hall–Kier alpha value is -2.25. The Kier molecular flexibility index (Phi) is 6.58. The van der Waals surface area contributed by atoms with Gasteiger partial charge in [-0.1, -0.05) is 18.2 Å². The SMILES string of the molecule is O=C(NCc1ccc[nH+]c1)C1CCC(CNS(=O)(=O)c2ccccc2)CC1. The lowest BCUT2D eigenvalue weighted by Gasteiger charge is -2.27. The van der Waals surface area contributed by atoms with Crippen LogP contribution in [0.15, 0.2) is 59.8 Å². The zero-order valence-corrected chi connectivity index (χ0v) is 16.0. The average Bonchev–Trinajstić information content (AvgIpc) is 2.72. The predicted octanol–water partition coefficient (Wildman–Crippen LogP) is 1.90. The number of sulfonamides is 1. The molecule has 1 aromatic carbocycles. The number of amides is 1. The van der Waals surface area contributed by atoms with Crippen LogP contribution in [-0.4, -0.2) is 20.9 Å². The largest absolute Gasteiger partial charge is 0.352 e. The van der Waals surface area contributed by atoms with Crippen LogP contribution in [0.4, 0.5) is 0 Å². The molecule has 3 N–H and O–H groups in total. The molecule has 1 aromatic heterocycles. The van der Waals surface area contributed by atoms with Crippen LogP contribution in [0.2, 0.25) is 0 Å². The number of aromatic nitrogens is 1. The van der Waals surface area contributed by atoms with Gasteiger partial charge in [0.2, 0.25) is 15.9 Å². The second-order valence-corrected chi connectivity index (χ2v) is 8.78. The number of hydrogen-bond donors (Lipinski definition) is 2. The van der Waals surface area contributed by atoms with Gasteiger partial charge in [0, 0.05) is 30.6 Å². The van der Waals surface area contributed by atoms with E-state index in [0.29, 0.717) is 13.1 Å². The number of H-pyrrole nitrogens is 1. The summed E-state index contributed by atoms with van der Waals surface area (Å²) in [6.45, 7) is 0.943. The molecule has 0 bridgehead atoms. The van der Waals surface area contributed by atoms with Crippen LogP contribution in [0, 0.1) is 11.8 Å². The third kappa shape index (κ3) is 5.61. The smallest absolute Gasteiger partial charge is 0.240 e. The van der Waals surface area contributed by atoms with Crippen molar-refractivity contribution in [3.05, 3.63) is 60.4 Å². The number of hydrogen-bond acceptors (Lipinski definition) is 3. The van der Waals surface area contributed by atoms with Crippen molar-refractivity contribution in [3.8, 4) is 0 Å². The van der Waals surface area contributed by atoms with Gasteiger partial charge in [0.1, 0.15) is 0 Å². The highest BCUT2D eigenvalue weighted by Crippen LogP contribution is 2.29. The zero-order valence-electron chi connectivity index (χ0n) is 15.2. The molecule has 0 atom stereocenters. The minimum atomic E-state index is -3.46. The summed E-state index contributed by atoms with van der Waals surface area (Å²) in [6, 6.07) is 12.3. The molecular formula is C20H26N3O3S+. The number of carbonyl (C=O) groups is 1. The molecule has 1 aliphatic carbocycles. The molecule has 0 aliphatic heterocycles. The van der Waals surface area contributed by atoms with Crippen molar-refractivity contribution >= 4 is 15.9 Å². The summed E-state index contributed by atoms with van der Waals surface area (Å²) in [7, 11) is -3.46. The minimum Gasteiger partial charge on any atom is -0.352 e. The topological polar surface area (TPSA) is 89.4 Å². The van der Waals surface area contributed by atoms with E-state index >= 15 is 0 Å². The van der Waals surface area contributed by atoms with E-state index in [2.05, 4.69) is 15.0 Å². The molecule has 27 heavy (non-hydrogen) atoms. The van der Waals surface area contributed by atoms with Gasteiger partial charge >= 0.3 is 0 Å². The fourth-order valence-corrected chi connectivity index (χ4v) is 4.55. The first kappa shape index (κ1) is 19.5. The molecule has 1 fully saturated rings. The lowest BCUT2D eigenvalue weighted by molar-refractivity contribution is -0.378. The van der Waals surface area contributed by atoms with Crippen molar-refractivity contribution in [1.29, 1.82) is 0 Å². The van der Waals surface area contributed by atoms with Crippen molar-refractivity contribution in [2.24, 2.45) is 11.8 Å². The lowest BCUT2D eigenvalue weighted by Crippen LogP contribution is -2.36. The summed E-state index contributed by atoms with van der Waals surface area (Å²) >= 11 is 0. The van der Waals surface area contributed by atoms with Gasteiger partial charge < -0.3 is 5.32 Å². The number of carbonyl (C=O) groups excluding carboxylic acids is 1. The van der Waals surface area contributed by atoms with Gasteiger partial charge in [0.05, 0.1) is 4.90 Å². The van der Waals surface area contributed by atoms with Crippen LogP contribution < -0.4 is 15.0 Å². The van der Waals surface area contributed by atoms with Crippen LogP contribution in [-0.2, 0) is 21.4 Å². The maximum Gasteiger partial charge on any atom is 0.240 e. The van der Waals surface area contributed by atoms with E-state index < -0.39 is 10.0 Å². The molecule has 7 heteroatoms. The molecule has 0 radical (unpaired) electrons. The van der Waals surface area contributed by atoms with Crippen LogP contribution in [0.25, 0.3) is 0 Å². The quantitative estimate of drug-likeness (QED) is 0.759. The molecular weight excluding hydrogens is 362 g/mol. The van der Waals surface area contributed by atoms with E-state index in [9.17, 15) is 13.2 Å². The Morgan fingerprint density at radius 2 is 1.78 bits per heavy atom. The molecule has 1 saturated carbocycles. The summed E-state index contributed by atoms with van der Waals surface area (Å²) in [5.74, 6) is 0.373. The Balaban J connectivity index is 1.41. The van der Waals surface area contributed by atoms with E-state index in [1.54, 1.807) is 30.3 Å². The molecule has 1 amide bonds. The second-order valence-electron chi connectivity index (χ2n) is 7.01. The number of rotatable bonds is 7. The van der Waals surface area contributed by atoms with Gasteiger partial charge in [-0.3, -0.25) is 4.79 Å². The van der Waals surface area contributed by atoms with Gasteiger partial charge in [0.25, 0.3) is 0 Å². The number of pyridine rings is 1. The third-order valence-corrected chi connectivity index (χ3v) is 6.51. The molecule has 1 heterocycles. The van der Waals surface area contributed by atoms with Gasteiger partial charge in [-0.05, 0) is 49.8 Å². The summed E-state index contributed by atoms with van der Waals surface area (Å²) < 4.78 is 27.3. The fourth-order valence-electron chi connectivity index (χ4n) is 3.41. The first-order chi connectivity index (χ1) is 13.0. The lowest BCUT2D eigenvalue weighted by atomic mass is 9.81. The second kappa shape index (κ2) is 9.10. The molecule has 1 aliphatic rings. The van der Waals surface area contributed by atoms with Crippen LogP contribution in [0.5, 0.6) is 0 Å². The van der Waals surface area contributed by atoms with Crippen LogP contribution in [0.1, 0.15) is 31.2 Å². The molecule has 0 saturated heterocycles. The van der Waals surface area contributed by atoms with Gasteiger partial charge in [-0.25, -0.2) is 18.1 Å². The van der Waals surface area contributed by atoms with Crippen LogP contribution >= 0.6 is 0 Å². The Morgan fingerprint density at radius 1 is 1.04 bits per heavy atom. The molecule has 3 rings (SSSR count). The number of nitrogens with one attached hydrogen (secondary N) is 3. The van der Waals surface area contributed by atoms with Crippen molar-refractivity contribution in [2.75, 3.05) is 6.54 Å². The maximum absolute atomic E-state index is 12.3. The molecule has 0 unspecified atom stereocenters. The molecule has 144 valence electrons. The van der Waals surface area contributed by atoms with E-state index in [1.807, 2.05) is 24.5 Å². The average molecular weight is 389 g/mol. The molecule has 0 spiro atoms. The maximum atomic E-state index is 12.3. The first-order valence-electron chi connectivity index (χ1n) is 9.32. The van der Waals surface area contributed by atoms with Gasteiger partial charge in [-0.15, -0.1) is 0 Å². The monoisotopic (exact) mass is 388 g/mol. The zero-order chi connectivity index (χ0) is 19.1. The van der Waals surface area contributed by atoms with E-state index in [-0.39, 0.29) is 22.6 Å². The van der Waals surface area contributed by atoms with Crippen LogP contribution in [0.3, 0.4) is 0 Å². The Bertz CT molecular complexity index is 833. The summed E-state index contributed by atoms with van der Waals surface area (Å²) in [4.78, 5) is 15.6. The highest BCUT2D eigenvalue weighted by molar-refractivity contribution is 7.89. The van der Waals surface area contributed by atoms with Gasteiger partial charge in [0.15, 0.2) is 12.4 Å². The minimum absolute atomic E-state index is 0.0136. The van der Waals surface area contributed by atoms with Crippen molar-refractivity contribution in [3.63, 3.8) is 0 Å². The van der Waals surface area contributed by atoms with E-state index in [0.717, 1.165) is 31.2 Å². The summed E-state index contributed by atoms with van der Waals surface area (Å²) in [5.41, 5.74) is 1.04. The third-order valence-electron chi connectivity index (χ3n) is 5.07. The summed E-state index contributed by atoms with van der Waals surface area (Å²) in [6.07, 6.45) is 7.01. The fraction of sp³-hybridized carbons (Fsp3) is 0.400. The Labute approximate surface area is 160 Å². The first-order valence-corrected chi connectivity index (χ1v) is 10.8. The highest BCUT2D eigenvalue weighted by Gasteiger charge is 2.27. The van der Waals surface area contributed by atoms with Gasteiger partial charge in [-0.2, -0.15) is 0 Å². The normalized spacial score (nSPS) is 20.1. The number of benzene rings is 1. The summed E-state index contributed by atoms with van der Waals surface area (Å²) in [5, 5.41) is 2.99. The molecule has 2 aromatic rings. The predicted molar refractivity (Wildman–Crippen MR) is 102 cm³/mol. The van der Waals surface area contributed by atoms with E-state index in [1.165, 1.54) is 0 Å². The molecule has 6 nitrogen and oxygen atoms in total. The van der Waals surface area contributed by atoms with E-state index in [4.69, 9.17) is 0 Å². The highest BCUT2D eigenvalue weighted by atomic mass is 32.2.